The summed E-state index contributed by atoms with van der Waals surface area (Å²) in [6.45, 7) is 0.662. The molecule has 3 rings (SSSR count). The lowest BCUT2D eigenvalue weighted by atomic mass is 10.1. The summed E-state index contributed by atoms with van der Waals surface area (Å²) in [7, 11) is 0. The number of nitrogens with zero attached hydrogens (tertiary/aromatic N) is 2. The minimum absolute atomic E-state index is 0.161. The van der Waals surface area contributed by atoms with Crippen LogP contribution in [0, 0.1) is 0 Å². The van der Waals surface area contributed by atoms with Gasteiger partial charge >= 0.3 is 12.0 Å². The van der Waals surface area contributed by atoms with Gasteiger partial charge in [0.15, 0.2) is 0 Å². The highest BCUT2D eigenvalue weighted by atomic mass is 35.5. The molecular weight excluding hydrogens is 370 g/mol. The maximum atomic E-state index is 12.9. The van der Waals surface area contributed by atoms with E-state index in [0.29, 0.717) is 23.8 Å². The number of amides is 3. The molecular formula is C19H18ClN3O4. The summed E-state index contributed by atoms with van der Waals surface area (Å²) in [6.07, 6.45) is 0. The summed E-state index contributed by atoms with van der Waals surface area (Å²) in [4.78, 5) is 38.8. The van der Waals surface area contributed by atoms with Crippen LogP contribution >= 0.6 is 11.6 Å². The number of anilines is 1. The van der Waals surface area contributed by atoms with E-state index in [1.165, 1.54) is 28.0 Å². The molecule has 0 atom stereocenters. The first-order valence-corrected chi connectivity index (χ1v) is 8.73. The molecule has 8 heteroatoms. The second-order valence-electron chi connectivity index (χ2n) is 6.09. The first-order valence-electron chi connectivity index (χ1n) is 8.35. The van der Waals surface area contributed by atoms with Gasteiger partial charge in [-0.2, -0.15) is 0 Å². The molecule has 0 bridgehead atoms. The van der Waals surface area contributed by atoms with E-state index in [-0.39, 0.29) is 18.1 Å². The van der Waals surface area contributed by atoms with E-state index >= 15 is 0 Å². The molecule has 0 radical (unpaired) electrons. The number of hydrogen-bond acceptors (Lipinski definition) is 3. The standard InChI is InChI=1S/C19H18ClN3O4/c20-15-7-6-14(10-16(15)23-9-8-21-19(23)27)18(26)22(12-17(24)25)11-13-4-2-1-3-5-13/h1-7,10H,8-9,11-12H2,(H,21,27)(H,24,25). The Morgan fingerprint density at radius 3 is 2.56 bits per heavy atom. The van der Waals surface area contributed by atoms with Gasteiger partial charge in [-0.25, -0.2) is 4.79 Å². The predicted octanol–water partition coefficient (Wildman–Crippen LogP) is 2.60. The predicted molar refractivity (Wildman–Crippen MR) is 101 cm³/mol. The summed E-state index contributed by atoms with van der Waals surface area (Å²) >= 11 is 6.20. The van der Waals surface area contributed by atoms with Gasteiger partial charge in [-0.3, -0.25) is 14.5 Å². The number of rotatable bonds is 6. The molecule has 0 aliphatic carbocycles. The van der Waals surface area contributed by atoms with Crippen LogP contribution in [0.1, 0.15) is 15.9 Å². The van der Waals surface area contributed by atoms with Gasteiger partial charge in [-0.05, 0) is 23.8 Å². The second kappa shape index (κ2) is 8.09. The van der Waals surface area contributed by atoms with Crippen molar-refractivity contribution < 1.29 is 19.5 Å². The Kier molecular flexibility index (Phi) is 5.61. The number of halogens is 1. The third kappa shape index (κ3) is 4.38. The van der Waals surface area contributed by atoms with E-state index in [4.69, 9.17) is 11.6 Å². The number of carbonyl (C=O) groups excluding carboxylic acids is 2. The summed E-state index contributed by atoms with van der Waals surface area (Å²) in [5.41, 5.74) is 1.51. The largest absolute Gasteiger partial charge is 0.480 e. The third-order valence-corrected chi connectivity index (χ3v) is 4.49. The van der Waals surface area contributed by atoms with Gasteiger partial charge in [-0.15, -0.1) is 0 Å². The highest BCUT2D eigenvalue weighted by Crippen LogP contribution is 2.29. The number of hydrogen-bond donors (Lipinski definition) is 2. The van der Waals surface area contributed by atoms with Crippen molar-refractivity contribution in [1.29, 1.82) is 0 Å². The molecule has 7 nitrogen and oxygen atoms in total. The molecule has 0 saturated carbocycles. The van der Waals surface area contributed by atoms with E-state index in [2.05, 4.69) is 5.32 Å². The molecule has 3 amide bonds. The van der Waals surface area contributed by atoms with Crippen molar-refractivity contribution in [1.82, 2.24) is 10.2 Å². The number of urea groups is 1. The minimum atomic E-state index is -1.10. The molecule has 140 valence electrons. The lowest BCUT2D eigenvalue weighted by Crippen LogP contribution is -2.35. The lowest BCUT2D eigenvalue weighted by molar-refractivity contribution is -0.137. The zero-order chi connectivity index (χ0) is 19.4. The molecule has 2 aromatic rings. The van der Waals surface area contributed by atoms with Crippen LogP contribution in [-0.4, -0.2) is 47.5 Å². The van der Waals surface area contributed by atoms with E-state index in [1.54, 1.807) is 0 Å². The number of carboxylic acids is 1. The molecule has 0 spiro atoms. The molecule has 1 saturated heterocycles. The first-order chi connectivity index (χ1) is 13.0. The fourth-order valence-corrected chi connectivity index (χ4v) is 3.12. The van der Waals surface area contributed by atoms with Crippen molar-refractivity contribution in [3.05, 3.63) is 64.7 Å². The molecule has 1 aliphatic rings. The summed E-state index contributed by atoms with van der Waals surface area (Å²) in [6, 6.07) is 13.5. The van der Waals surface area contributed by atoms with Crippen molar-refractivity contribution in [2.24, 2.45) is 0 Å². The zero-order valence-electron chi connectivity index (χ0n) is 14.4. The Morgan fingerprint density at radius 2 is 1.93 bits per heavy atom. The van der Waals surface area contributed by atoms with E-state index in [0.717, 1.165) is 5.56 Å². The maximum absolute atomic E-state index is 12.9. The Hall–Kier alpha value is -3.06. The molecule has 1 fully saturated rings. The van der Waals surface area contributed by atoms with Crippen molar-refractivity contribution in [2.45, 2.75) is 6.54 Å². The number of benzene rings is 2. The molecule has 0 unspecified atom stereocenters. The molecule has 1 aliphatic heterocycles. The zero-order valence-corrected chi connectivity index (χ0v) is 15.1. The quantitative estimate of drug-likeness (QED) is 0.797. The third-order valence-electron chi connectivity index (χ3n) is 4.17. The van der Waals surface area contributed by atoms with Crippen LogP contribution in [0.5, 0.6) is 0 Å². The van der Waals surface area contributed by atoms with E-state index in [9.17, 15) is 19.5 Å². The van der Waals surface area contributed by atoms with Crippen LogP contribution in [0.25, 0.3) is 0 Å². The van der Waals surface area contributed by atoms with Crippen LogP contribution < -0.4 is 10.2 Å². The van der Waals surface area contributed by atoms with Gasteiger partial charge in [0, 0.05) is 25.2 Å². The van der Waals surface area contributed by atoms with Gasteiger partial charge in [0.1, 0.15) is 6.54 Å². The van der Waals surface area contributed by atoms with Crippen LogP contribution in [0.4, 0.5) is 10.5 Å². The first kappa shape index (κ1) is 18.7. The Balaban J connectivity index is 1.89. The van der Waals surface area contributed by atoms with Crippen molar-refractivity contribution in [2.75, 3.05) is 24.5 Å². The monoisotopic (exact) mass is 387 g/mol. The van der Waals surface area contributed by atoms with Gasteiger partial charge in [0.2, 0.25) is 0 Å². The Labute approximate surface area is 161 Å². The fraction of sp³-hybridized carbons (Fsp3) is 0.211. The van der Waals surface area contributed by atoms with Crippen LogP contribution in [0.15, 0.2) is 48.5 Å². The Bertz CT molecular complexity index is 873. The normalized spacial score (nSPS) is 13.4. The Morgan fingerprint density at radius 1 is 1.19 bits per heavy atom. The van der Waals surface area contributed by atoms with Crippen LogP contribution in [0.2, 0.25) is 5.02 Å². The minimum Gasteiger partial charge on any atom is -0.480 e. The molecule has 27 heavy (non-hydrogen) atoms. The lowest BCUT2D eigenvalue weighted by Gasteiger charge is -2.22. The van der Waals surface area contributed by atoms with E-state index < -0.39 is 18.4 Å². The average Bonchev–Trinajstić information content (AvgIpc) is 3.07. The summed E-state index contributed by atoms with van der Waals surface area (Å²) < 4.78 is 0. The van der Waals surface area contributed by atoms with Gasteiger partial charge < -0.3 is 15.3 Å². The molecule has 2 aromatic carbocycles. The van der Waals surface area contributed by atoms with Gasteiger partial charge in [0.25, 0.3) is 5.91 Å². The van der Waals surface area contributed by atoms with Crippen molar-refractivity contribution in [3.63, 3.8) is 0 Å². The highest BCUT2D eigenvalue weighted by Gasteiger charge is 2.25. The van der Waals surface area contributed by atoms with Gasteiger partial charge in [-0.1, -0.05) is 41.9 Å². The SMILES string of the molecule is O=C(O)CN(Cc1ccccc1)C(=O)c1ccc(Cl)c(N2CCNC2=O)c1. The average molecular weight is 388 g/mol. The molecule has 1 heterocycles. The molecule has 2 N–H and O–H groups in total. The second-order valence-corrected chi connectivity index (χ2v) is 6.50. The number of aliphatic carboxylic acids is 1. The smallest absolute Gasteiger partial charge is 0.323 e. The summed E-state index contributed by atoms with van der Waals surface area (Å²) in [5, 5.41) is 12.2. The summed E-state index contributed by atoms with van der Waals surface area (Å²) in [5.74, 6) is -1.55. The number of carboxylic acid groups (broad SMARTS) is 1. The fourth-order valence-electron chi connectivity index (χ4n) is 2.90. The maximum Gasteiger partial charge on any atom is 0.323 e. The van der Waals surface area contributed by atoms with Crippen LogP contribution in [-0.2, 0) is 11.3 Å². The van der Waals surface area contributed by atoms with Crippen molar-refractivity contribution >= 4 is 35.2 Å². The number of carbonyl (C=O) groups is 3. The highest BCUT2D eigenvalue weighted by molar-refractivity contribution is 6.34. The van der Waals surface area contributed by atoms with Crippen molar-refractivity contribution in [3.8, 4) is 0 Å². The van der Waals surface area contributed by atoms with Gasteiger partial charge in [0.05, 0.1) is 10.7 Å². The molecule has 0 aromatic heterocycles. The van der Waals surface area contributed by atoms with Crippen LogP contribution in [0.3, 0.4) is 0 Å². The number of nitrogens with one attached hydrogen (secondary N) is 1. The topological polar surface area (TPSA) is 89.9 Å². The van der Waals surface area contributed by atoms with E-state index in [1.807, 2.05) is 30.3 Å².